The molecule has 2 saturated heterocycles. The third-order valence-corrected chi connectivity index (χ3v) is 7.09. The minimum Gasteiger partial charge on any atom is -0.454 e. The van der Waals surface area contributed by atoms with E-state index in [9.17, 15) is 0 Å². The Kier molecular flexibility index (Phi) is 6.59. The smallest absolute Gasteiger partial charge is 0.231 e. The molecule has 0 N–H and O–H groups in total. The fourth-order valence-corrected chi connectivity index (χ4v) is 5.16. The zero-order valence-corrected chi connectivity index (χ0v) is 19.0. The highest BCUT2D eigenvalue weighted by Crippen LogP contribution is 2.33. The van der Waals surface area contributed by atoms with Crippen LogP contribution in [0.25, 0.3) is 0 Å². The molecule has 0 spiro atoms. The number of thioether (sulfide) groups is 1. The summed E-state index contributed by atoms with van der Waals surface area (Å²) >= 11 is 1.59. The molecule has 1 aromatic carbocycles. The summed E-state index contributed by atoms with van der Waals surface area (Å²) in [6.07, 6.45) is 8.56. The molecule has 2 fully saturated rings. The Morgan fingerprint density at radius 1 is 0.935 bits per heavy atom. The molecule has 0 aliphatic carbocycles. The molecule has 0 amide bonds. The average molecular weight is 442 g/mol. The van der Waals surface area contributed by atoms with Gasteiger partial charge < -0.3 is 9.47 Å². The van der Waals surface area contributed by atoms with Crippen molar-refractivity contribution in [3.05, 3.63) is 41.7 Å². The predicted octanol–water partition coefficient (Wildman–Crippen LogP) is 2.71. The van der Waals surface area contributed by atoms with Crippen molar-refractivity contribution in [3.63, 3.8) is 0 Å². The molecular weight excluding hydrogens is 410 g/mol. The third kappa shape index (κ3) is 5.14. The van der Waals surface area contributed by atoms with Crippen molar-refractivity contribution in [2.24, 2.45) is 0 Å². The van der Waals surface area contributed by atoms with E-state index in [1.807, 2.05) is 24.7 Å². The molecule has 0 bridgehead atoms. The first-order chi connectivity index (χ1) is 15.3. The van der Waals surface area contributed by atoms with Crippen LogP contribution in [0.15, 0.2) is 35.7 Å². The number of aromatic nitrogens is 2. The molecule has 166 valence electrons. The second kappa shape index (κ2) is 9.73. The van der Waals surface area contributed by atoms with Gasteiger partial charge in [-0.1, -0.05) is 17.8 Å². The number of rotatable bonds is 6. The normalized spacial score (nSPS) is 22.7. The Labute approximate surface area is 188 Å². The van der Waals surface area contributed by atoms with E-state index in [-0.39, 0.29) is 0 Å². The Hall–Kier alpha value is -1.87. The number of hydrogen-bond acceptors (Lipinski definition) is 8. The molecule has 7 nitrogen and oxygen atoms in total. The lowest BCUT2D eigenvalue weighted by molar-refractivity contribution is 0.0476. The largest absolute Gasteiger partial charge is 0.454 e. The molecule has 3 aliphatic rings. The van der Waals surface area contributed by atoms with Gasteiger partial charge in [-0.3, -0.25) is 14.7 Å². The minimum absolute atomic E-state index is 0.339. The molecule has 4 heterocycles. The number of hydrogen-bond donors (Lipinski definition) is 0. The maximum atomic E-state index is 5.53. The van der Waals surface area contributed by atoms with Crippen molar-refractivity contribution in [2.45, 2.75) is 37.1 Å². The first-order valence-electron chi connectivity index (χ1n) is 11.2. The summed E-state index contributed by atoms with van der Waals surface area (Å²) in [5, 5.41) is 0.846. The summed E-state index contributed by atoms with van der Waals surface area (Å²) in [5.74, 6) is 1.74. The Morgan fingerprint density at radius 2 is 1.71 bits per heavy atom. The van der Waals surface area contributed by atoms with Crippen molar-refractivity contribution in [3.8, 4) is 11.5 Å². The molecular formula is C23H31N5O2S. The number of ether oxygens (including phenoxy) is 2. The summed E-state index contributed by atoms with van der Waals surface area (Å²) in [4.78, 5) is 16.7. The van der Waals surface area contributed by atoms with Gasteiger partial charge >= 0.3 is 0 Å². The lowest BCUT2D eigenvalue weighted by Gasteiger charge is -2.43. The number of nitrogens with zero attached hydrogens (tertiary/aromatic N) is 5. The van der Waals surface area contributed by atoms with Crippen LogP contribution in [-0.4, -0.2) is 83.0 Å². The SMILES string of the molecule is CSc1ncc(CN2CCC[C@@H](N3CCN(Cc4ccc5c(c4)OCO5)CC3)C2)cn1. The van der Waals surface area contributed by atoms with Gasteiger partial charge in [-0.05, 0) is 43.3 Å². The van der Waals surface area contributed by atoms with Crippen LogP contribution in [-0.2, 0) is 13.1 Å². The summed E-state index contributed by atoms with van der Waals surface area (Å²) in [7, 11) is 0. The fourth-order valence-electron chi connectivity index (χ4n) is 4.85. The van der Waals surface area contributed by atoms with Gasteiger partial charge in [-0.15, -0.1) is 0 Å². The van der Waals surface area contributed by atoms with Crippen LogP contribution in [0.4, 0.5) is 0 Å². The highest BCUT2D eigenvalue weighted by Gasteiger charge is 2.28. The van der Waals surface area contributed by atoms with Crippen LogP contribution in [0.1, 0.15) is 24.0 Å². The van der Waals surface area contributed by atoms with E-state index in [4.69, 9.17) is 9.47 Å². The Morgan fingerprint density at radius 3 is 2.52 bits per heavy atom. The predicted molar refractivity (Wildman–Crippen MR) is 122 cm³/mol. The van der Waals surface area contributed by atoms with Gasteiger partial charge in [0.05, 0.1) is 0 Å². The van der Waals surface area contributed by atoms with Gasteiger partial charge in [0, 0.05) is 69.8 Å². The number of piperazine rings is 1. The van der Waals surface area contributed by atoms with Gasteiger partial charge in [0.1, 0.15) is 0 Å². The number of benzene rings is 1. The molecule has 1 aromatic heterocycles. The standard InChI is InChI=1S/C23H31N5O2S/c1-31-23-24-12-19(13-25-23)15-27-6-2-3-20(16-27)28-9-7-26(8-10-28)14-18-4-5-21-22(11-18)30-17-29-21/h4-5,11-13,20H,2-3,6-10,14-17H2,1H3/t20-/m1/s1. The number of likely N-dealkylation sites (tertiary alicyclic amines) is 1. The second-order valence-electron chi connectivity index (χ2n) is 8.61. The molecule has 0 unspecified atom stereocenters. The van der Waals surface area contributed by atoms with Gasteiger partial charge in [-0.2, -0.15) is 0 Å². The third-order valence-electron chi connectivity index (χ3n) is 6.52. The molecule has 5 rings (SSSR count). The van der Waals surface area contributed by atoms with Crippen molar-refractivity contribution in [2.75, 3.05) is 52.3 Å². The van der Waals surface area contributed by atoms with Crippen LogP contribution < -0.4 is 9.47 Å². The molecule has 0 saturated carbocycles. The molecule has 0 radical (unpaired) electrons. The van der Waals surface area contributed by atoms with Gasteiger partial charge in [0.2, 0.25) is 6.79 Å². The van der Waals surface area contributed by atoms with Crippen LogP contribution in [0.5, 0.6) is 11.5 Å². The zero-order valence-electron chi connectivity index (χ0n) is 18.2. The highest BCUT2D eigenvalue weighted by molar-refractivity contribution is 7.98. The maximum absolute atomic E-state index is 5.53. The van der Waals surface area contributed by atoms with Crippen molar-refractivity contribution in [1.29, 1.82) is 0 Å². The fraction of sp³-hybridized carbons (Fsp3) is 0.565. The summed E-state index contributed by atoms with van der Waals surface area (Å²) in [6, 6.07) is 6.98. The van der Waals surface area contributed by atoms with Crippen LogP contribution in [0.3, 0.4) is 0 Å². The van der Waals surface area contributed by atoms with E-state index in [1.54, 1.807) is 11.8 Å². The lowest BCUT2D eigenvalue weighted by atomic mass is 10.0. The molecule has 3 aliphatic heterocycles. The van der Waals surface area contributed by atoms with Crippen LogP contribution in [0.2, 0.25) is 0 Å². The zero-order chi connectivity index (χ0) is 21.0. The highest BCUT2D eigenvalue weighted by atomic mass is 32.2. The monoisotopic (exact) mass is 441 g/mol. The molecule has 2 aromatic rings. The van der Waals surface area contributed by atoms with Crippen LogP contribution in [0, 0.1) is 0 Å². The number of piperidine rings is 1. The van der Waals surface area contributed by atoms with E-state index in [0.717, 1.165) is 62.5 Å². The van der Waals surface area contributed by atoms with E-state index in [0.29, 0.717) is 12.8 Å². The van der Waals surface area contributed by atoms with Gasteiger partial charge in [-0.25, -0.2) is 9.97 Å². The summed E-state index contributed by atoms with van der Waals surface area (Å²) in [6.45, 7) is 9.12. The quantitative estimate of drug-likeness (QED) is 0.501. The van der Waals surface area contributed by atoms with Gasteiger partial charge in [0.25, 0.3) is 0 Å². The van der Waals surface area contributed by atoms with E-state index >= 15 is 0 Å². The molecule has 1 atom stereocenters. The number of fused-ring (bicyclic) bond motifs is 1. The van der Waals surface area contributed by atoms with E-state index < -0.39 is 0 Å². The van der Waals surface area contributed by atoms with Crippen molar-refractivity contribution in [1.82, 2.24) is 24.7 Å². The first kappa shape index (κ1) is 21.0. The topological polar surface area (TPSA) is 54.0 Å². The Bertz CT molecular complexity index is 873. The van der Waals surface area contributed by atoms with Crippen molar-refractivity contribution >= 4 is 11.8 Å². The van der Waals surface area contributed by atoms with Crippen LogP contribution >= 0.6 is 11.8 Å². The lowest BCUT2D eigenvalue weighted by Crippen LogP contribution is -2.54. The summed E-state index contributed by atoms with van der Waals surface area (Å²) < 4.78 is 11.0. The second-order valence-corrected chi connectivity index (χ2v) is 9.38. The molecule has 31 heavy (non-hydrogen) atoms. The molecule has 8 heteroatoms. The average Bonchev–Trinajstić information content (AvgIpc) is 3.28. The minimum atomic E-state index is 0.339. The van der Waals surface area contributed by atoms with E-state index in [1.165, 1.54) is 30.5 Å². The van der Waals surface area contributed by atoms with Crippen molar-refractivity contribution < 1.29 is 9.47 Å². The first-order valence-corrected chi connectivity index (χ1v) is 12.4. The van der Waals surface area contributed by atoms with E-state index in [2.05, 4.69) is 36.8 Å². The summed E-state index contributed by atoms with van der Waals surface area (Å²) in [5.41, 5.74) is 2.52. The maximum Gasteiger partial charge on any atom is 0.231 e. The Balaban J connectivity index is 1.10. The van der Waals surface area contributed by atoms with Gasteiger partial charge in [0.15, 0.2) is 16.7 Å².